The number of methoxy groups -OCH3 is 1. The van der Waals surface area contributed by atoms with E-state index in [2.05, 4.69) is 26.1 Å². The van der Waals surface area contributed by atoms with Crippen LogP contribution in [0.25, 0.3) is 22.2 Å². The van der Waals surface area contributed by atoms with Crippen LogP contribution in [0.1, 0.15) is 38.1 Å². The van der Waals surface area contributed by atoms with E-state index in [1.807, 2.05) is 61.5 Å². The highest BCUT2D eigenvalue weighted by molar-refractivity contribution is 6.07. The molecule has 1 amide bonds. The molecular formula is C23H26N2O2. The van der Waals surface area contributed by atoms with E-state index >= 15 is 0 Å². The van der Waals surface area contributed by atoms with Crippen molar-refractivity contribution in [2.75, 3.05) is 7.11 Å². The van der Waals surface area contributed by atoms with Crippen LogP contribution in [0.15, 0.2) is 54.6 Å². The number of para-hydroxylation sites is 1. The van der Waals surface area contributed by atoms with Gasteiger partial charge in [0.1, 0.15) is 5.75 Å². The van der Waals surface area contributed by atoms with Crippen LogP contribution in [0.4, 0.5) is 0 Å². The molecule has 140 valence electrons. The summed E-state index contributed by atoms with van der Waals surface area (Å²) in [6, 6.07) is 17.4. The van der Waals surface area contributed by atoms with Gasteiger partial charge in [0.2, 0.25) is 0 Å². The average molecular weight is 362 g/mol. The Bertz CT molecular complexity index is 974. The normalized spacial score (nSPS) is 12.6. The summed E-state index contributed by atoms with van der Waals surface area (Å²) in [4.78, 5) is 17.8. The Kier molecular flexibility index (Phi) is 5.17. The number of amides is 1. The minimum absolute atomic E-state index is 0.0197. The molecule has 3 aromatic rings. The summed E-state index contributed by atoms with van der Waals surface area (Å²) in [5, 5.41) is 3.99. The Morgan fingerprint density at radius 3 is 2.52 bits per heavy atom. The van der Waals surface area contributed by atoms with Crippen LogP contribution in [-0.4, -0.2) is 24.0 Å². The number of nitrogens with one attached hydrogen (secondary N) is 1. The molecule has 0 aliphatic rings. The van der Waals surface area contributed by atoms with Crippen LogP contribution in [0.5, 0.6) is 5.75 Å². The van der Waals surface area contributed by atoms with Gasteiger partial charge in [0, 0.05) is 17.0 Å². The lowest BCUT2D eigenvalue weighted by Gasteiger charge is -2.28. The number of hydrogen-bond donors (Lipinski definition) is 1. The minimum atomic E-state index is -0.0832. The largest absolute Gasteiger partial charge is 0.497 e. The molecule has 1 N–H and O–H groups in total. The van der Waals surface area contributed by atoms with Gasteiger partial charge < -0.3 is 10.1 Å². The SMILES string of the molecule is COc1cccc(-c2cc(C(=O)N[C@H](C)C(C)(C)C)c3ccccc3n2)c1. The van der Waals surface area contributed by atoms with Gasteiger partial charge in [-0.15, -0.1) is 0 Å². The molecule has 0 bridgehead atoms. The molecule has 2 aromatic carbocycles. The molecule has 4 nitrogen and oxygen atoms in total. The summed E-state index contributed by atoms with van der Waals surface area (Å²) in [6.45, 7) is 8.38. The maximum Gasteiger partial charge on any atom is 0.252 e. The molecule has 0 saturated carbocycles. The van der Waals surface area contributed by atoms with Gasteiger partial charge >= 0.3 is 0 Å². The predicted molar refractivity (Wildman–Crippen MR) is 110 cm³/mol. The van der Waals surface area contributed by atoms with Crippen molar-refractivity contribution in [1.29, 1.82) is 0 Å². The number of rotatable bonds is 4. The molecule has 0 saturated heterocycles. The molecule has 27 heavy (non-hydrogen) atoms. The number of carbonyl (C=O) groups excluding carboxylic acids is 1. The van der Waals surface area contributed by atoms with Crippen LogP contribution in [0.3, 0.4) is 0 Å². The maximum absolute atomic E-state index is 13.1. The van der Waals surface area contributed by atoms with Crippen LogP contribution < -0.4 is 10.1 Å². The van der Waals surface area contributed by atoms with Crippen molar-refractivity contribution >= 4 is 16.8 Å². The van der Waals surface area contributed by atoms with E-state index in [0.717, 1.165) is 27.9 Å². The van der Waals surface area contributed by atoms with Crippen molar-refractivity contribution in [3.05, 3.63) is 60.2 Å². The Balaban J connectivity index is 2.09. The second-order valence-electron chi connectivity index (χ2n) is 7.87. The maximum atomic E-state index is 13.1. The van der Waals surface area contributed by atoms with E-state index in [4.69, 9.17) is 9.72 Å². The summed E-state index contributed by atoms with van der Waals surface area (Å²) in [6.07, 6.45) is 0. The molecule has 0 fully saturated rings. The fraction of sp³-hybridized carbons (Fsp3) is 0.304. The number of aromatic nitrogens is 1. The number of fused-ring (bicyclic) bond motifs is 1. The zero-order chi connectivity index (χ0) is 19.6. The van der Waals surface area contributed by atoms with Crippen molar-refractivity contribution in [1.82, 2.24) is 10.3 Å². The standard InChI is InChI=1S/C23H26N2O2/c1-15(23(2,3)4)24-22(26)19-14-21(16-9-8-10-17(13-16)27-5)25-20-12-7-6-11-18(19)20/h6-15H,1-5H3,(H,24,26)/t15-/m1/s1. The monoisotopic (exact) mass is 362 g/mol. The third-order valence-corrected chi connectivity index (χ3v) is 4.97. The first-order valence-corrected chi connectivity index (χ1v) is 9.14. The number of pyridine rings is 1. The molecule has 0 aliphatic heterocycles. The molecular weight excluding hydrogens is 336 g/mol. The lowest BCUT2D eigenvalue weighted by molar-refractivity contribution is 0.0912. The van der Waals surface area contributed by atoms with Gasteiger partial charge in [-0.3, -0.25) is 4.79 Å². The van der Waals surface area contributed by atoms with Gasteiger partial charge in [0.15, 0.2) is 0 Å². The number of hydrogen-bond acceptors (Lipinski definition) is 3. The second kappa shape index (κ2) is 7.39. The molecule has 1 atom stereocenters. The lowest BCUT2D eigenvalue weighted by Crippen LogP contribution is -2.41. The van der Waals surface area contributed by atoms with E-state index in [1.54, 1.807) is 7.11 Å². The highest BCUT2D eigenvalue weighted by atomic mass is 16.5. The summed E-state index contributed by atoms with van der Waals surface area (Å²) in [7, 11) is 1.64. The molecule has 3 rings (SSSR count). The average Bonchev–Trinajstić information content (AvgIpc) is 2.66. The first-order chi connectivity index (χ1) is 12.8. The Labute approximate surface area is 160 Å². The molecule has 0 radical (unpaired) electrons. The van der Waals surface area contributed by atoms with E-state index in [0.29, 0.717) is 5.56 Å². The summed E-state index contributed by atoms with van der Waals surface area (Å²) in [5.41, 5.74) is 3.08. The zero-order valence-electron chi connectivity index (χ0n) is 16.5. The molecule has 1 aromatic heterocycles. The molecule has 4 heteroatoms. The third kappa shape index (κ3) is 4.11. The summed E-state index contributed by atoms with van der Waals surface area (Å²) in [5.74, 6) is 0.676. The highest BCUT2D eigenvalue weighted by Gasteiger charge is 2.23. The van der Waals surface area contributed by atoms with E-state index in [-0.39, 0.29) is 17.4 Å². The van der Waals surface area contributed by atoms with Gasteiger partial charge in [0.25, 0.3) is 5.91 Å². The van der Waals surface area contributed by atoms with Gasteiger partial charge in [0.05, 0.1) is 23.9 Å². The summed E-state index contributed by atoms with van der Waals surface area (Å²) >= 11 is 0. The van der Waals surface area contributed by atoms with Gasteiger partial charge in [-0.05, 0) is 36.6 Å². The second-order valence-corrected chi connectivity index (χ2v) is 7.87. The van der Waals surface area contributed by atoms with E-state index in [9.17, 15) is 4.79 Å². The fourth-order valence-electron chi connectivity index (χ4n) is 2.78. The van der Waals surface area contributed by atoms with Crippen molar-refractivity contribution in [2.45, 2.75) is 33.7 Å². The lowest BCUT2D eigenvalue weighted by atomic mass is 9.88. The first-order valence-electron chi connectivity index (χ1n) is 9.14. The highest BCUT2D eigenvalue weighted by Crippen LogP contribution is 2.28. The van der Waals surface area contributed by atoms with Gasteiger partial charge in [-0.2, -0.15) is 0 Å². The van der Waals surface area contributed by atoms with Crippen molar-refractivity contribution in [3.63, 3.8) is 0 Å². The van der Waals surface area contributed by atoms with Crippen LogP contribution >= 0.6 is 0 Å². The van der Waals surface area contributed by atoms with Gasteiger partial charge in [-0.25, -0.2) is 4.98 Å². The zero-order valence-corrected chi connectivity index (χ0v) is 16.5. The number of ether oxygens (including phenoxy) is 1. The number of carbonyl (C=O) groups is 1. The van der Waals surface area contributed by atoms with E-state index < -0.39 is 0 Å². The Morgan fingerprint density at radius 1 is 1.07 bits per heavy atom. The smallest absolute Gasteiger partial charge is 0.252 e. The molecule has 1 heterocycles. The predicted octanol–water partition coefficient (Wildman–Crippen LogP) is 5.07. The first kappa shape index (κ1) is 18.9. The quantitative estimate of drug-likeness (QED) is 0.704. The topological polar surface area (TPSA) is 51.2 Å². The Hall–Kier alpha value is -2.88. The fourth-order valence-corrected chi connectivity index (χ4v) is 2.78. The number of nitrogens with zero attached hydrogens (tertiary/aromatic N) is 1. The van der Waals surface area contributed by atoms with Crippen molar-refractivity contribution in [2.24, 2.45) is 5.41 Å². The molecule has 0 spiro atoms. The van der Waals surface area contributed by atoms with Crippen LogP contribution in [0, 0.1) is 5.41 Å². The van der Waals surface area contributed by atoms with Gasteiger partial charge in [-0.1, -0.05) is 51.1 Å². The van der Waals surface area contributed by atoms with Crippen LogP contribution in [-0.2, 0) is 0 Å². The van der Waals surface area contributed by atoms with Crippen LogP contribution in [0.2, 0.25) is 0 Å². The van der Waals surface area contributed by atoms with Crippen molar-refractivity contribution in [3.8, 4) is 17.0 Å². The minimum Gasteiger partial charge on any atom is -0.497 e. The van der Waals surface area contributed by atoms with Crippen molar-refractivity contribution < 1.29 is 9.53 Å². The van der Waals surface area contributed by atoms with E-state index in [1.165, 1.54) is 0 Å². The molecule has 0 aliphatic carbocycles. The molecule has 0 unspecified atom stereocenters. The summed E-state index contributed by atoms with van der Waals surface area (Å²) < 4.78 is 5.32. The third-order valence-electron chi connectivity index (χ3n) is 4.97. The Morgan fingerprint density at radius 2 is 1.81 bits per heavy atom. The number of benzene rings is 2.